The number of hydrogen-bond donors (Lipinski definition) is 2. The summed E-state index contributed by atoms with van der Waals surface area (Å²) in [6.45, 7) is 0. The van der Waals surface area contributed by atoms with Crippen LogP contribution < -0.4 is 0 Å². The molecule has 0 fully saturated rings. The number of H-pyrrole nitrogens is 2. The first-order valence-electron chi connectivity index (χ1n) is 11.4. The third-order valence-electron chi connectivity index (χ3n) is 6.05. The topological polar surface area (TPSA) is 143 Å². The molecule has 0 bridgehead atoms. The van der Waals surface area contributed by atoms with E-state index in [0.717, 1.165) is 6.26 Å². The predicted octanol–water partition coefficient (Wildman–Crippen LogP) is 3.89. The molecular formula is C25H18F2N8O2S. The van der Waals surface area contributed by atoms with Crippen LogP contribution in [0.5, 0.6) is 0 Å². The molecule has 0 saturated heterocycles. The molecule has 190 valence electrons. The van der Waals surface area contributed by atoms with Crippen molar-refractivity contribution >= 4 is 32.0 Å². The van der Waals surface area contributed by atoms with Crippen molar-refractivity contribution in [1.29, 1.82) is 0 Å². The van der Waals surface area contributed by atoms with Gasteiger partial charge < -0.3 is 4.98 Å². The van der Waals surface area contributed by atoms with E-state index < -0.39 is 21.5 Å². The molecule has 0 aliphatic carbocycles. The van der Waals surface area contributed by atoms with Gasteiger partial charge in [0.05, 0.1) is 16.7 Å². The van der Waals surface area contributed by atoms with Crippen molar-refractivity contribution in [3.8, 4) is 33.8 Å². The van der Waals surface area contributed by atoms with Gasteiger partial charge in [-0.3, -0.25) is 5.10 Å². The highest BCUT2D eigenvalue weighted by molar-refractivity contribution is 7.90. The average Bonchev–Trinajstić information content (AvgIpc) is 3.52. The van der Waals surface area contributed by atoms with Crippen LogP contribution in [0, 0.1) is 11.6 Å². The molecule has 0 unspecified atom stereocenters. The molecule has 6 rings (SSSR count). The number of halogens is 2. The number of sulfone groups is 1. The van der Waals surface area contributed by atoms with E-state index in [4.69, 9.17) is 0 Å². The van der Waals surface area contributed by atoms with E-state index >= 15 is 4.39 Å². The molecule has 0 aliphatic rings. The minimum absolute atomic E-state index is 0.0978. The van der Waals surface area contributed by atoms with E-state index in [-0.39, 0.29) is 40.3 Å². The molecule has 5 heterocycles. The van der Waals surface area contributed by atoms with Crippen molar-refractivity contribution in [2.75, 3.05) is 12.0 Å². The van der Waals surface area contributed by atoms with Crippen LogP contribution in [-0.2, 0) is 16.3 Å². The quantitative estimate of drug-likeness (QED) is 0.329. The zero-order chi connectivity index (χ0) is 26.4. The fraction of sp³-hybridized carbons (Fsp3) is 0.120. The Balaban J connectivity index is 1.46. The Labute approximate surface area is 214 Å². The molecule has 0 saturated carbocycles. The lowest BCUT2D eigenvalue weighted by Crippen LogP contribution is -2.06. The number of fused-ring (bicyclic) bond motifs is 2. The summed E-state index contributed by atoms with van der Waals surface area (Å²) in [6.07, 6.45) is 8.53. The van der Waals surface area contributed by atoms with Gasteiger partial charge in [-0.25, -0.2) is 42.1 Å². The second-order valence-electron chi connectivity index (χ2n) is 8.78. The first-order valence-corrected chi connectivity index (χ1v) is 13.4. The van der Waals surface area contributed by atoms with Gasteiger partial charge in [0.2, 0.25) is 0 Å². The van der Waals surface area contributed by atoms with Crippen molar-refractivity contribution < 1.29 is 17.2 Å². The number of nitrogens with one attached hydrogen (secondary N) is 2. The molecule has 13 heteroatoms. The molecule has 5 aromatic heterocycles. The minimum atomic E-state index is -3.21. The maximum atomic E-state index is 15.7. The van der Waals surface area contributed by atoms with Crippen LogP contribution in [-0.4, -0.2) is 60.5 Å². The molecule has 0 atom stereocenters. The van der Waals surface area contributed by atoms with Gasteiger partial charge in [-0.05, 0) is 35.7 Å². The van der Waals surface area contributed by atoms with Crippen molar-refractivity contribution in [1.82, 2.24) is 40.1 Å². The molecule has 2 N–H and O–H groups in total. The third-order valence-corrected chi connectivity index (χ3v) is 7.00. The van der Waals surface area contributed by atoms with Gasteiger partial charge in [0, 0.05) is 47.7 Å². The number of aromatic nitrogens is 8. The molecule has 0 amide bonds. The van der Waals surface area contributed by atoms with E-state index in [1.165, 1.54) is 43.2 Å². The molecule has 0 spiro atoms. The highest BCUT2D eigenvalue weighted by atomic mass is 32.2. The predicted molar refractivity (Wildman–Crippen MR) is 137 cm³/mol. The zero-order valence-electron chi connectivity index (χ0n) is 19.8. The number of nitrogens with zero attached hydrogens (tertiary/aromatic N) is 6. The summed E-state index contributed by atoms with van der Waals surface area (Å²) >= 11 is 0. The molecule has 6 aromatic rings. The Morgan fingerprint density at radius 1 is 0.947 bits per heavy atom. The van der Waals surface area contributed by atoms with Crippen LogP contribution in [0.1, 0.15) is 5.56 Å². The summed E-state index contributed by atoms with van der Waals surface area (Å²) in [4.78, 5) is 24.1. The standard InChI is InChI=1S/C25H18F2N8O2S/c1-38(36,37)5-3-13-6-14(8-16(26)7-13)17-2-4-30-24-21(17)32-25(33-24)22-19-20(27)18(11-31-23(19)35-34-22)15-9-28-12-29-10-15/h2,4,6-12H,3,5H2,1H3,(H,30,32,33)(H,31,34,35). The van der Waals surface area contributed by atoms with Crippen LogP contribution in [0.15, 0.2) is 55.4 Å². The molecule has 1 aromatic carbocycles. The molecule has 38 heavy (non-hydrogen) atoms. The van der Waals surface area contributed by atoms with E-state index in [9.17, 15) is 12.8 Å². The normalized spacial score (nSPS) is 12.0. The molecule has 0 radical (unpaired) electrons. The number of aromatic amines is 2. The monoisotopic (exact) mass is 532 g/mol. The maximum absolute atomic E-state index is 15.7. The zero-order valence-corrected chi connectivity index (χ0v) is 20.6. The van der Waals surface area contributed by atoms with Crippen molar-refractivity contribution in [3.05, 3.63) is 72.6 Å². The van der Waals surface area contributed by atoms with E-state index in [1.807, 2.05) is 0 Å². The lowest BCUT2D eigenvalue weighted by Gasteiger charge is -2.07. The van der Waals surface area contributed by atoms with Crippen LogP contribution in [0.2, 0.25) is 0 Å². The van der Waals surface area contributed by atoms with Crippen LogP contribution in [0.3, 0.4) is 0 Å². The molecule has 10 nitrogen and oxygen atoms in total. The summed E-state index contributed by atoms with van der Waals surface area (Å²) in [6, 6.07) is 6.09. The van der Waals surface area contributed by atoms with E-state index in [1.54, 1.807) is 12.1 Å². The minimum Gasteiger partial charge on any atom is -0.335 e. The lowest BCUT2D eigenvalue weighted by atomic mass is 10.0. The van der Waals surface area contributed by atoms with Gasteiger partial charge >= 0.3 is 0 Å². The van der Waals surface area contributed by atoms with Crippen LogP contribution in [0.4, 0.5) is 8.78 Å². The van der Waals surface area contributed by atoms with Gasteiger partial charge in [0.15, 0.2) is 17.1 Å². The Bertz CT molecular complexity index is 1940. The Hall–Kier alpha value is -4.65. The maximum Gasteiger partial charge on any atom is 0.184 e. The largest absolute Gasteiger partial charge is 0.335 e. The third kappa shape index (κ3) is 4.36. The Kier molecular flexibility index (Phi) is 5.64. The van der Waals surface area contributed by atoms with Crippen LogP contribution >= 0.6 is 0 Å². The van der Waals surface area contributed by atoms with E-state index in [0.29, 0.717) is 33.4 Å². The average molecular weight is 533 g/mol. The number of pyridine rings is 2. The molecular weight excluding hydrogens is 514 g/mol. The second-order valence-corrected chi connectivity index (χ2v) is 11.0. The summed E-state index contributed by atoms with van der Waals surface area (Å²) in [5.41, 5.74) is 3.56. The summed E-state index contributed by atoms with van der Waals surface area (Å²) in [5, 5.41) is 7.04. The van der Waals surface area contributed by atoms with Gasteiger partial charge in [0.25, 0.3) is 0 Å². The first kappa shape index (κ1) is 23.7. The molecule has 0 aliphatic heterocycles. The van der Waals surface area contributed by atoms with Crippen LogP contribution in [0.25, 0.3) is 56.0 Å². The number of imidazole rings is 1. The van der Waals surface area contributed by atoms with Crippen molar-refractivity contribution in [3.63, 3.8) is 0 Å². The second kappa shape index (κ2) is 9.03. The highest BCUT2D eigenvalue weighted by Crippen LogP contribution is 2.34. The number of rotatable bonds is 6. The fourth-order valence-corrected chi connectivity index (χ4v) is 4.89. The lowest BCUT2D eigenvalue weighted by molar-refractivity contribution is 0.600. The number of benzene rings is 1. The van der Waals surface area contributed by atoms with Gasteiger partial charge in [-0.1, -0.05) is 6.07 Å². The summed E-state index contributed by atoms with van der Waals surface area (Å²) in [5.74, 6) is -0.901. The number of aryl methyl sites for hydroxylation is 1. The van der Waals surface area contributed by atoms with E-state index in [2.05, 4.69) is 40.1 Å². The van der Waals surface area contributed by atoms with Crippen molar-refractivity contribution in [2.45, 2.75) is 6.42 Å². The first-order chi connectivity index (χ1) is 18.3. The van der Waals surface area contributed by atoms with Gasteiger partial charge in [-0.15, -0.1) is 0 Å². The fourth-order valence-electron chi connectivity index (χ4n) is 4.29. The number of hydrogen-bond acceptors (Lipinski definition) is 8. The highest BCUT2D eigenvalue weighted by Gasteiger charge is 2.21. The summed E-state index contributed by atoms with van der Waals surface area (Å²) in [7, 11) is -3.21. The van der Waals surface area contributed by atoms with Crippen molar-refractivity contribution in [2.24, 2.45) is 0 Å². The smallest absolute Gasteiger partial charge is 0.184 e. The Morgan fingerprint density at radius 2 is 1.76 bits per heavy atom. The summed E-state index contributed by atoms with van der Waals surface area (Å²) < 4.78 is 53.4. The van der Waals surface area contributed by atoms with Gasteiger partial charge in [-0.2, -0.15) is 5.10 Å². The SMILES string of the molecule is CS(=O)(=O)CCc1cc(F)cc(-c2ccnc3nc(-c4[nH]nc5ncc(-c6cncnc6)c(F)c45)[nH]c23)c1. The van der Waals surface area contributed by atoms with Gasteiger partial charge in [0.1, 0.15) is 33.5 Å². The Morgan fingerprint density at radius 3 is 2.55 bits per heavy atom.